The largest absolute Gasteiger partial charge is 0.480 e. The molecule has 1 heterocycles. The summed E-state index contributed by atoms with van der Waals surface area (Å²) in [4.78, 5) is 4.65. The number of nitriles is 1. The van der Waals surface area contributed by atoms with E-state index >= 15 is 0 Å². The summed E-state index contributed by atoms with van der Waals surface area (Å²) in [7, 11) is 1.55. The molecule has 2 aliphatic carbocycles. The number of rotatable bonds is 3. The van der Waals surface area contributed by atoms with Gasteiger partial charge in [0.15, 0.2) is 0 Å². The minimum Gasteiger partial charge on any atom is -0.480 e. The van der Waals surface area contributed by atoms with Gasteiger partial charge in [0.25, 0.3) is 0 Å². The van der Waals surface area contributed by atoms with Crippen LogP contribution in [-0.2, 0) is 0 Å². The molecule has 4 rings (SSSR count). The maximum Gasteiger partial charge on any atom is 0.232 e. The summed E-state index contributed by atoms with van der Waals surface area (Å²) in [5.41, 5.74) is 7.50. The van der Waals surface area contributed by atoms with E-state index < -0.39 is 0 Å². The van der Waals surface area contributed by atoms with E-state index in [4.69, 9.17) is 4.74 Å². The summed E-state index contributed by atoms with van der Waals surface area (Å²) >= 11 is 0. The molecule has 130 valence electrons. The zero-order valence-corrected chi connectivity index (χ0v) is 15.2. The zero-order valence-electron chi connectivity index (χ0n) is 15.2. The Kier molecular flexibility index (Phi) is 4.32. The minimum absolute atomic E-state index is 0.350. The number of aryl methyl sites for hydroxylation is 1. The summed E-state index contributed by atoms with van der Waals surface area (Å²) in [6, 6.07) is 26.7. The van der Waals surface area contributed by atoms with Gasteiger partial charge in [0.2, 0.25) is 5.88 Å². The molecular weight excluding hydrogens is 332 g/mol. The molecule has 2 aromatic rings. The third kappa shape index (κ3) is 2.92. The summed E-state index contributed by atoms with van der Waals surface area (Å²) < 4.78 is 5.47. The van der Waals surface area contributed by atoms with Crippen LogP contribution in [0.1, 0.15) is 11.1 Å². The van der Waals surface area contributed by atoms with Crippen molar-refractivity contribution in [2.45, 2.75) is 6.92 Å². The number of benzene rings is 1. The van der Waals surface area contributed by atoms with E-state index in [1.54, 1.807) is 7.11 Å². The molecule has 27 heavy (non-hydrogen) atoms. The van der Waals surface area contributed by atoms with Crippen molar-refractivity contribution in [3.05, 3.63) is 83.9 Å². The lowest BCUT2D eigenvalue weighted by molar-refractivity contribution is 0.397. The summed E-state index contributed by atoms with van der Waals surface area (Å²) in [6.07, 6.45) is 0. The number of hydrogen-bond donors (Lipinski definition) is 0. The van der Waals surface area contributed by atoms with E-state index in [0.717, 1.165) is 39.1 Å². The molecule has 2 aliphatic rings. The van der Waals surface area contributed by atoms with Gasteiger partial charge in [0.1, 0.15) is 11.6 Å². The molecule has 1 aromatic carbocycles. The highest BCUT2D eigenvalue weighted by Crippen LogP contribution is 2.39. The monoisotopic (exact) mass is 350 g/mol. The molecule has 3 heteroatoms. The lowest BCUT2D eigenvalue weighted by atomic mass is 9.95. The van der Waals surface area contributed by atoms with Gasteiger partial charge in [-0.05, 0) is 35.2 Å². The molecule has 0 saturated heterocycles. The number of ether oxygens (including phenoxy) is 1. The fourth-order valence-corrected chi connectivity index (χ4v) is 3.44. The molecule has 3 nitrogen and oxygen atoms in total. The standard InChI is InChI=1S/C24H18N2O/c1-16-8-6-7-10-18(16)21-14-23(26-24(27-2)22(21)15-25)20-13-12-17-9-4-3-5-11-19(17)20/h3-14H,1-2H3. The van der Waals surface area contributed by atoms with E-state index in [0.29, 0.717) is 11.4 Å². The minimum atomic E-state index is 0.350. The van der Waals surface area contributed by atoms with Gasteiger partial charge in [-0.15, -0.1) is 0 Å². The van der Waals surface area contributed by atoms with Crippen LogP contribution in [0, 0.1) is 18.3 Å². The first-order valence-corrected chi connectivity index (χ1v) is 8.76. The third-order valence-corrected chi connectivity index (χ3v) is 4.79. The average molecular weight is 350 g/mol. The van der Waals surface area contributed by atoms with E-state index in [9.17, 15) is 5.26 Å². The molecule has 0 aliphatic heterocycles. The topological polar surface area (TPSA) is 45.9 Å². The van der Waals surface area contributed by atoms with E-state index in [1.165, 1.54) is 0 Å². The van der Waals surface area contributed by atoms with Crippen LogP contribution in [0.15, 0.2) is 72.8 Å². The molecule has 0 radical (unpaired) electrons. The Morgan fingerprint density at radius 2 is 1.56 bits per heavy atom. The molecule has 0 bridgehead atoms. The lowest BCUT2D eigenvalue weighted by Gasteiger charge is -2.13. The first-order chi connectivity index (χ1) is 13.2. The highest BCUT2D eigenvalue weighted by molar-refractivity contribution is 5.88. The average Bonchev–Trinajstić information content (AvgIpc) is 2.95. The zero-order chi connectivity index (χ0) is 18.8. The predicted molar refractivity (Wildman–Crippen MR) is 108 cm³/mol. The Morgan fingerprint density at radius 1 is 0.815 bits per heavy atom. The lowest BCUT2D eigenvalue weighted by Crippen LogP contribution is -1.98. The van der Waals surface area contributed by atoms with Gasteiger partial charge in [-0.2, -0.15) is 5.26 Å². The molecular formula is C24H18N2O. The van der Waals surface area contributed by atoms with Crippen LogP contribution in [-0.4, -0.2) is 12.1 Å². The predicted octanol–water partition coefficient (Wildman–Crippen LogP) is 5.71. The van der Waals surface area contributed by atoms with Crippen LogP contribution in [0.2, 0.25) is 0 Å². The molecule has 1 aromatic heterocycles. The fourth-order valence-electron chi connectivity index (χ4n) is 3.44. The molecule has 0 spiro atoms. The normalized spacial score (nSPS) is 10.6. The van der Waals surface area contributed by atoms with Gasteiger partial charge in [0, 0.05) is 11.1 Å². The maximum atomic E-state index is 9.74. The van der Waals surface area contributed by atoms with Gasteiger partial charge in [-0.3, -0.25) is 0 Å². The summed E-state index contributed by atoms with van der Waals surface area (Å²) in [5.74, 6) is 0.350. The van der Waals surface area contributed by atoms with E-state index in [-0.39, 0.29) is 0 Å². The van der Waals surface area contributed by atoms with E-state index in [1.807, 2.05) is 55.5 Å². The third-order valence-electron chi connectivity index (χ3n) is 4.79. The fraction of sp³-hybridized carbons (Fsp3) is 0.0833. The van der Waals surface area contributed by atoms with Gasteiger partial charge < -0.3 is 4.74 Å². The quantitative estimate of drug-likeness (QED) is 0.475. The molecule has 0 fully saturated rings. The summed E-state index contributed by atoms with van der Waals surface area (Å²) in [6.45, 7) is 2.04. The second-order valence-electron chi connectivity index (χ2n) is 6.39. The van der Waals surface area contributed by atoms with Crippen LogP contribution in [0.3, 0.4) is 0 Å². The van der Waals surface area contributed by atoms with Gasteiger partial charge in [-0.1, -0.05) is 66.7 Å². The number of hydrogen-bond acceptors (Lipinski definition) is 3. The van der Waals surface area contributed by atoms with E-state index in [2.05, 4.69) is 35.3 Å². The highest BCUT2D eigenvalue weighted by Gasteiger charge is 2.19. The Morgan fingerprint density at radius 3 is 2.33 bits per heavy atom. The summed E-state index contributed by atoms with van der Waals surface area (Å²) in [5, 5.41) is 9.74. The number of methoxy groups -OCH3 is 1. The molecule has 0 N–H and O–H groups in total. The number of nitrogens with zero attached hydrogens (tertiary/aromatic N) is 2. The molecule has 0 atom stereocenters. The van der Waals surface area contributed by atoms with Crippen LogP contribution in [0.4, 0.5) is 0 Å². The van der Waals surface area contributed by atoms with Crippen molar-refractivity contribution in [1.29, 1.82) is 5.26 Å². The van der Waals surface area contributed by atoms with Crippen LogP contribution in [0.5, 0.6) is 5.88 Å². The molecule has 0 saturated carbocycles. The van der Waals surface area contributed by atoms with Gasteiger partial charge in [0.05, 0.1) is 12.8 Å². The van der Waals surface area contributed by atoms with Crippen LogP contribution >= 0.6 is 0 Å². The van der Waals surface area contributed by atoms with Gasteiger partial charge >= 0.3 is 0 Å². The highest BCUT2D eigenvalue weighted by atomic mass is 16.5. The number of fused-ring (bicyclic) bond motifs is 1. The Labute approximate surface area is 158 Å². The van der Waals surface area contributed by atoms with Crippen molar-refractivity contribution in [1.82, 2.24) is 4.98 Å². The van der Waals surface area contributed by atoms with Crippen molar-refractivity contribution < 1.29 is 4.74 Å². The van der Waals surface area contributed by atoms with Crippen molar-refractivity contribution in [2.75, 3.05) is 7.11 Å². The number of pyridine rings is 1. The Hall–Kier alpha value is -3.64. The van der Waals surface area contributed by atoms with Crippen LogP contribution < -0.4 is 4.74 Å². The van der Waals surface area contributed by atoms with Crippen molar-refractivity contribution in [2.24, 2.45) is 0 Å². The van der Waals surface area contributed by atoms with Crippen molar-refractivity contribution >= 4 is 0 Å². The second kappa shape index (κ2) is 6.93. The Bertz CT molecular complexity index is 1140. The molecule has 0 amide bonds. The van der Waals surface area contributed by atoms with Crippen molar-refractivity contribution in [3.8, 4) is 45.5 Å². The molecule has 0 unspecified atom stereocenters. The SMILES string of the molecule is COc1nc(-c2ccc3cccccc2-3)cc(-c2ccccc2C)c1C#N. The van der Waals surface area contributed by atoms with Crippen molar-refractivity contribution in [3.63, 3.8) is 0 Å². The van der Waals surface area contributed by atoms with Gasteiger partial charge in [-0.25, -0.2) is 4.98 Å². The smallest absolute Gasteiger partial charge is 0.232 e. The van der Waals surface area contributed by atoms with Crippen LogP contribution in [0.25, 0.3) is 33.5 Å². The second-order valence-corrected chi connectivity index (χ2v) is 6.39. The number of aromatic nitrogens is 1. The first kappa shape index (κ1) is 16.8. The maximum absolute atomic E-state index is 9.74. The first-order valence-electron chi connectivity index (χ1n) is 8.76. The Balaban J connectivity index is 2.00.